The SMILES string of the molecule is C=CCN(c1ccccc1)S(=O)(=O)c1cccc(C(=O)Oc2ccc(C(=O)CC)cc2)c1. The van der Waals surface area contributed by atoms with E-state index in [1.54, 1.807) is 49.4 Å². The summed E-state index contributed by atoms with van der Waals surface area (Å²) in [5, 5.41) is 0. The lowest BCUT2D eigenvalue weighted by molar-refractivity contribution is 0.0734. The van der Waals surface area contributed by atoms with Crippen LogP contribution in [0.5, 0.6) is 5.75 Å². The third kappa shape index (κ3) is 5.12. The molecule has 0 N–H and O–H groups in total. The monoisotopic (exact) mass is 449 g/mol. The summed E-state index contributed by atoms with van der Waals surface area (Å²) in [6.45, 7) is 5.49. The molecule has 0 aromatic heterocycles. The van der Waals surface area contributed by atoms with Gasteiger partial charge in [0.05, 0.1) is 22.7 Å². The van der Waals surface area contributed by atoms with E-state index in [2.05, 4.69) is 6.58 Å². The van der Waals surface area contributed by atoms with Crippen molar-refractivity contribution < 1.29 is 22.7 Å². The number of Topliss-reactive ketones (excluding diaryl/α,β-unsaturated/α-hetero) is 1. The van der Waals surface area contributed by atoms with Gasteiger partial charge >= 0.3 is 5.97 Å². The molecule has 0 amide bonds. The van der Waals surface area contributed by atoms with Crippen LogP contribution in [-0.2, 0) is 10.0 Å². The summed E-state index contributed by atoms with van der Waals surface area (Å²) in [6.07, 6.45) is 1.88. The highest BCUT2D eigenvalue weighted by Gasteiger charge is 2.25. The van der Waals surface area contributed by atoms with Crippen LogP contribution in [0.3, 0.4) is 0 Å². The highest BCUT2D eigenvalue weighted by molar-refractivity contribution is 7.92. The first-order chi connectivity index (χ1) is 15.4. The fourth-order valence-electron chi connectivity index (χ4n) is 3.04. The number of carbonyl (C=O) groups is 2. The topological polar surface area (TPSA) is 80.8 Å². The van der Waals surface area contributed by atoms with Gasteiger partial charge in [0.2, 0.25) is 0 Å². The van der Waals surface area contributed by atoms with Crippen LogP contribution in [0, 0.1) is 0 Å². The van der Waals surface area contributed by atoms with Gasteiger partial charge in [0.15, 0.2) is 5.78 Å². The Morgan fingerprint density at radius 1 is 0.938 bits per heavy atom. The molecule has 0 atom stereocenters. The summed E-state index contributed by atoms with van der Waals surface area (Å²) in [6, 6.07) is 20.6. The molecule has 0 saturated heterocycles. The first-order valence-electron chi connectivity index (χ1n) is 10.0. The van der Waals surface area contributed by atoms with Crippen LogP contribution in [0.25, 0.3) is 0 Å². The molecule has 3 aromatic rings. The molecule has 0 aliphatic carbocycles. The molecule has 0 saturated carbocycles. The van der Waals surface area contributed by atoms with Gasteiger partial charge < -0.3 is 4.74 Å². The number of esters is 1. The fourth-order valence-corrected chi connectivity index (χ4v) is 4.53. The third-order valence-electron chi connectivity index (χ3n) is 4.70. The van der Waals surface area contributed by atoms with Gasteiger partial charge in [-0.05, 0) is 54.6 Å². The standard InChI is InChI=1S/C25H23NO5S/c1-3-17-26(21-10-6-5-7-11-21)32(29,30)23-12-8-9-20(18-23)25(28)31-22-15-13-19(14-16-22)24(27)4-2/h3,5-16,18H,1,4,17H2,2H3. The Hall–Kier alpha value is -3.71. The molecule has 0 heterocycles. The van der Waals surface area contributed by atoms with Crippen LogP contribution in [0.15, 0.2) is 96.4 Å². The van der Waals surface area contributed by atoms with E-state index in [-0.39, 0.29) is 28.5 Å². The Labute approximate surface area is 187 Å². The summed E-state index contributed by atoms with van der Waals surface area (Å²) in [5.74, 6) is -0.455. The Kier molecular flexibility index (Phi) is 7.22. The van der Waals surface area contributed by atoms with Crippen LogP contribution < -0.4 is 9.04 Å². The van der Waals surface area contributed by atoms with Crippen molar-refractivity contribution in [2.45, 2.75) is 18.2 Å². The first-order valence-corrected chi connectivity index (χ1v) is 11.4. The predicted octanol–water partition coefficient (Wildman–Crippen LogP) is 4.88. The molecule has 7 heteroatoms. The van der Waals surface area contributed by atoms with E-state index in [1.807, 2.05) is 0 Å². The number of carbonyl (C=O) groups excluding carboxylic acids is 2. The molecule has 0 bridgehead atoms. The Bertz CT molecular complexity index is 1220. The molecule has 0 aliphatic rings. The lowest BCUT2D eigenvalue weighted by Crippen LogP contribution is -2.31. The minimum atomic E-state index is -3.95. The zero-order chi connectivity index (χ0) is 23.1. The van der Waals surface area contributed by atoms with Gasteiger partial charge in [0.1, 0.15) is 5.75 Å². The molecule has 0 aliphatic heterocycles. The number of rotatable bonds is 9. The smallest absolute Gasteiger partial charge is 0.343 e. The molecule has 0 spiro atoms. The maximum absolute atomic E-state index is 13.3. The maximum atomic E-state index is 13.3. The Morgan fingerprint density at radius 2 is 1.62 bits per heavy atom. The van der Waals surface area contributed by atoms with Crippen molar-refractivity contribution in [3.8, 4) is 5.75 Å². The van der Waals surface area contributed by atoms with Gasteiger partial charge in [-0.25, -0.2) is 13.2 Å². The second-order valence-corrected chi connectivity index (χ2v) is 8.74. The number of ketones is 1. The number of ether oxygens (including phenoxy) is 1. The van der Waals surface area contributed by atoms with Crippen molar-refractivity contribution in [2.75, 3.05) is 10.8 Å². The third-order valence-corrected chi connectivity index (χ3v) is 6.49. The van der Waals surface area contributed by atoms with E-state index in [0.717, 1.165) is 0 Å². The molecular weight excluding hydrogens is 426 g/mol. The molecule has 0 unspecified atom stereocenters. The van der Waals surface area contributed by atoms with Crippen LogP contribution in [0.4, 0.5) is 5.69 Å². The number of sulfonamides is 1. The van der Waals surface area contributed by atoms with E-state index < -0.39 is 16.0 Å². The summed E-state index contributed by atoms with van der Waals surface area (Å²) < 4.78 is 33.1. The Balaban J connectivity index is 1.85. The van der Waals surface area contributed by atoms with Gasteiger partial charge in [-0.1, -0.05) is 37.3 Å². The number of benzene rings is 3. The zero-order valence-corrected chi connectivity index (χ0v) is 18.4. The maximum Gasteiger partial charge on any atom is 0.343 e. The van der Waals surface area contributed by atoms with E-state index in [9.17, 15) is 18.0 Å². The van der Waals surface area contributed by atoms with Crippen molar-refractivity contribution in [2.24, 2.45) is 0 Å². The van der Waals surface area contributed by atoms with Crippen molar-refractivity contribution >= 4 is 27.5 Å². The molecule has 164 valence electrons. The number of hydrogen-bond donors (Lipinski definition) is 0. The van der Waals surface area contributed by atoms with Gasteiger partial charge in [-0.15, -0.1) is 6.58 Å². The van der Waals surface area contributed by atoms with Gasteiger partial charge in [0.25, 0.3) is 10.0 Å². The zero-order valence-electron chi connectivity index (χ0n) is 17.6. The molecular formula is C25H23NO5S. The average Bonchev–Trinajstić information content (AvgIpc) is 2.83. The van der Waals surface area contributed by atoms with E-state index >= 15 is 0 Å². The predicted molar refractivity (Wildman–Crippen MR) is 124 cm³/mol. The van der Waals surface area contributed by atoms with Crippen molar-refractivity contribution in [3.05, 3.63) is 103 Å². The van der Waals surface area contributed by atoms with E-state index in [0.29, 0.717) is 17.7 Å². The number of hydrogen-bond acceptors (Lipinski definition) is 5. The van der Waals surface area contributed by atoms with Gasteiger partial charge in [-0.2, -0.15) is 0 Å². The number of nitrogens with zero attached hydrogens (tertiary/aromatic N) is 1. The number of para-hydroxylation sites is 1. The molecule has 6 nitrogen and oxygen atoms in total. The van der Waals surface area contributed by atoms with Crippen LogP contribution in [0.2, 0.25) is 0 Å². The molecule has 3 aromatic carbocycles. The lowest BCUT2D eigenvalue weighted by atomic mass is 10.1. The average molecular weight is 450 g/mol. The minimum absolute atomic E-state index is 0.0109. The second kappa shape index (κ2) is 10.1. The normalized spacial score (nSPS) is 10.9. The summed E-state index contributed by atoms with van der Waals surface area (Å²) in [7, 11) is -3.95. The van der Waals surface area contributed by atoms with Gasteiger partial charge in [-0.3, -0.25) is 9.10 Å². The fraction of sp³-hybridized carbons (Fsp3) is 0.120. The molecule has 3 rings (SSSR count). The Morgan fingerprint density at radius 3 is 2.25 bits per heavy atom. The first kappa shape index (κ1) is 23.0. The van der Waals surface area contributed by atoms with Crippen LogP contribution in [-0.4, -0.2) is 26.7 Å². The minimum Gasteiger partial charge on any atom is -0.423 e. The number of anilines is 1. The highest BCUT2D eigenvalue weighted by atomic mass is 32.2. The van der Waals surface area contributed by atoms with E-state index in [4.69, 9.17) is 4.74 Å². The highest BCUT2D eigenvalue weighted by Crippen LogP contribution is 2.24. The summed E-state index contributed by atoms with van der Waals surface area (Å²) >= 11 is 0. The van der Waals surface area contributed by atoms with E-state index in [1.165, 1.54) is 46.8 Å². The molecule has 32 heavy (non-hydrogen) atoms. The van der Waals surface area contributed by atoms with Crippen molar-refractivity contribution in [1.29, 1.82) is 0 Å². The summed E-state index contributed by atoms with van der Waals surface area (Å²) in [4.78, 5) is 24.3. The lowest BCUT2D eigenvalue weighted by Gasteiger charge is -2.23. The molecule has 0 radical (unpaired) electrons. The molecule has 0 fully saturated rings. The van der Waals surface area contributed by atoms with Gasteiger partial charge in [0, 0.05) is 12.0 Å². The van der Waals surface area contributed by atoms with Crippen molar-refractivity contribution in [1.82, 2.24) is 0 Å². The second-order valence-electron chi connectivity index (χ2n) is 6.88. The van der Waals surface area contributed by atoms with Crippen LogP contribution >= 0.6 is 0 Å². The van der Waals surface area contributed by atoms with Crippen LogP contribution in [0.1, 0.15) is 34.1 Å². The summed E-state index contributed by atoms with van der Waals surface area (Å²) in [5.41, 5.74) is 1.11. The quantitative estimate of drug-likeness (QED) is 0.201. The van der Waals surface area contributed by atoms with Crippen molar-refractivity contribution in [3.63, 3.8) is 0 Å². The largest absolute Gasteiger partial charge is 0.423 e.